The number of hydrogen-bond donors (Lipinski definition) is 1. The van der Waals surface area contributed by atoms with Gasteiger partial charge < -0.3 is 10.2 Å². The molecule has 1 N–H and O–H groups in total. The molecule has 0 bridgehead atoms. The van der Waals surface area contributed by atoms with Gasteiger partial charge in [0.05, 0.1) is 4.92 Å². The van der Waals surface area contributed by atoms with Crippen molar-refractivity contribution in [1.82, 2.24) is 4.90 Å². The zero-order valence-corrected chi connectivity index (χ0v) is 12.6. The number of nitro groups is 1. The number of nitro benzene ring substituents is 1. The number of likely N-dealkylation sites (tertiary alicyclic amines) is 1. The quantitative estimate of drug-likeness (QED) is 0.647. The van der Waals surface area contributed by atoms with Gasteiger partial charge in [-0.15, -0.1) is 0 Å². The summed E-state index contributed by atoms with van der Waals surface area (Å²) in [6.07, 6.45) is 5.67. The largest absolute Gasteiger partial charge is 0.385 e. The molecule has 1 aromatic carbocycles. The zero-order chi connectivity index (χ0) is 15.5. The summed E-state index contributed by atoms with van der Waals surface area (Å²) in [6.45, 7) is 2.23. The number of rotatable bonds is 6. The van der Waals surface area contributed by atoms with Crippen LogP contribution in [0.2, 0.25) is 0 Å². The number of nitrogens with zero attached hydrogens (tertiary/aromatic N) is 2. The van der Waals surface area contributed by atoms with Crippen LogP contribution >= 0.6 is 0 Å². The van der Waals surface area contributed by atoms with Crippen molar-refractivity contribution in [2.24, 2.45) is 5.92 Å². The summed E-state index contributed by atoms with van der Waals surface area (Å²) in [5.74, 6) is 0.603. The molecule has 0 spiro atoms. The predicted molar refractivity (Wildman–Crippen MR) is 84.1 cm³/mol. The molecule has 1 saturated heterocycles. The highest BCUT2D eigenvalue weighted by atomic mass is 16.6. The van der Waals surface area contributed by atoms with Crippen LogP contribution in [0.15, 0.2) is 18.2 Å². The van der Waals surface area contributed by atoms with Gasteiger partial charge in [0.25, 0.3) is 11.6 Å². The Morgan fingerprint density at radius 3 is 2.68 bits per heavy atom. The van der Waals surface area contributed by atoms with Crippen molar-refractivity contribution < 1.29 is 9.72 Å². The Morgan fingerprint density at radius 2 is 2.05 bits per heavy atom. The summed E-state index contributed by atoms with van der Waals surface area (Å²) in [5, 5.41) is 14.5. The first kappa shape index (κ1) is 14.8. The van der Waals surface area contributed by atoms with Gasteiger partial charge in [-0.3, -0.25) is 14.9 Å². The van der Waals surface area contributed by atoms with E-state index in [0.717, 1.165) is 37.4 Å². The second-order valence-electron chi connectivity index (χ2n) is 6.15. The highest BCUT2D eigenvalue weighted by Gasteiger charge is 2.27. The van der Waals surface area contributed by atoms with E-state index in [1.54, 1.807) is 17.0 Å². The number of benzene rings is 1. The molecule has 1 aliphatic carbocycles. The van der Waals surface area contributed by atoms with E-state index in [1.165, 1.54) is 18.9 Å². The van der Waals surface area contributed by atoms with Crippen LogP contribution in [0.3, 0.4) is 0 Å². The minimum Gasteiger partial charge on any atom is -0.385 e. The van der Waals surface area contributed by atoms with Crippen molar-refractivity contribution in [2.45, 2.75) is 32.1 Å². The van der Waals surface area contributed by atoms with Gasteiger partial charge in [0.1, 0.15) is 5.56 Å². The first-order chi connectivity index (χ1) is 10.6. The Hall–Kier alpha value is -2.11. The van der Waals surface area contributed by atoms with E-state index in [0.29, 0.717) is 13.1 Å². The third-order valence-electron chi connectivity index (χ3n) is 4.40. The molecular weight excluding hydrogens is 282 g/mol. The fraction of sp³-hybridized carbons (Fsp3) is 0.562. The van der Waals surface area contributed by atoms with Crippen molar-refractivity contribution in [2.75, 3.05) is 25.0 Å². The minimum absolute atomic E-state index is 0.107. The molecule has 22 heavy (non-hydrogen) atoms. The maximum absolute atomic E-state index is 12.5. The Bertz CT molecular complexity index is 578. The maximum atomic E-state index is 12.5. The lowest BCUT2D eigenvalue weighted by Gasteiger charge is -2.16. The van der Waals surface area contributed by atoms with Crippen LogP contribution in [0.1, 0.15) is 42.5 Å². The second-order valence-corrected chi connectivity index (χ2v) is 6.15. The van der Waals surface area contributed by atoms with Crippen LogP contribution in [0.4, 0.5) is 11.4 Å². The van der Waals surface area contributed by atoms with Crippen LogP contribution in [0.5, 0.6) is 0 Å². The Morgan fingerprint density at radius 1 is 1.32 bits per heavy atom. The predicted octanol–water partition coefficient (Wildman–Crippen LogP) is 3.04. The summed E-state index contributed by atoms with van der Waals surface area (Å²) in [5.41, 5.74) is 0.877. The van der Waals surface area contributed by atoms with Gasteiger partial charge in [0.15, 0.2) is 0 Å². The second kappa shape index (κ2) is 6.34. The van der Waals surface area contributed by atoms with Crippen LogP contribution in [-0.4, -0.2) is 35.4 Å². The third-order valence-corrected chi connectivity index (χ3v) is 4.40. The van der Waals surface area contributed by atoms with Crippen LogP contribution in [-0.2, 0) is 0 Å². The highest BCUT2D eigenvalue weighted by molar-refractivity contribution is 5.99. The minimum atomic E-state index is -0.475. The number of amides is 1. The average molecular weight is 303 g/mol. The van der Waals surface area contributed by atoms with E-state index in [-0.39, 0.29) is 17.2 Å². The maximum Gasteiger partial charge on any atom is 0.282 e. The summed E-state index contributed by atoms with van der Waals surface area (Å²) >= 11 is 0. The van der Waals surface area contributed by atoms with E-state index in [9.17, 15) is 14.9 Å². The monoisotopic (exact) mass is 303 g/mol. The molecule has 1 aromatic rings. The van der Waals surface area contributed by atoms with E-state index in [2.05, 4.69) is 5.32 Å². The molecule has 0 aromatic heterocycles. The van der Waals surface area contributed by atoms with E-state index in [1.807, 2.05) is 0 Å². The summed E-state index contributed by atoms with van der Waals surface area (Å²) in [6, 6.07) is 4.75. The lowest BCUT2D eigenvalue weighted by molar-refractivity contribution is -0.385. The van der Waals surface area contributed by atoms with Gasteiger partial charge in [-0.25, -0.2) is 0 Å². The van der Waals surface area contributed by atoms with E-state index < -0.39 is 4.92 Å². The van der Waals surface area contributed by atoms with Crippen molar-refractivity contribution in [1.29, 1.82) is 0 Å². The Kier molecular flexibility index (Phi) is 4.27. The number of nitrogens with one attached hydrogen (secondary N) is 1. The fourth-order valence-corrected chi connectivity index (χ4v) is 2.89. The number of anilines is 1. The Balaban J connectivity index is 1.76. The van der Waals surface area contributed by atoms with E-state index in [4.69, 9.17) is 0 Å². The molecule has 0 radical (unpaired) electrons. The van der Waals surface area contributed by atoms with Crippen molar-refractivity contribution in [3.05, 3.63) is 33.9 Å². The first-order valence-electron chi connectivity index (χ1n) is 7.97. The van der Waals surface area contributed by atoms with Crippen molar-refractivity contribution >= 4 is 17.3 Å². The zero-order valence-electron chi connectivity index (χ0n) is 12.6. The van der Waals surface area contributed by atoms with Crippen LogP contribution in [0, 0.1) is 16.0 Å². The van der Waals surface area contributed by atoms with Crippen LogP contribution < -0.4 is 5.32 Å². The van der Waals surface area contributed by atoms with Crippen molar-refractivity contribution in [3.63, 3.8) is 0 Å². The molecule has 1 heterocycles. The summed E-state index contributed by atoms with van der Waals surface area (Å²) < 4.78 is 0. The lowest BCUT2D eigenvalue weighted by Crippen LogP contribution is -2.28. The average Bonchev–Trinajstić information content (AvgIpc) is 3.17. The molecule has 0 unspecified atom stereocenters. The SMILES string of the molecule is O=C(c1cc(NCCC2CC2)ccc1[N+](=O)[O-])N1CCCC1. The molecule has 1 amide bonds. The molecule has 118 valence electrons. The molecule has 2 fully saturated rings. The molecule has 0 atom stereocenters. The number of carbonyl (C=O) groups is 1. The van der Waals surface area contributed by atoms with Gasteiger partial charge in [0, 0.05) is 31.4 Å². The molecule has 1 aliphatic heterocycles. The molecule has 6 heteroatoms. The lowest BCUT2D eigenvalue weighted by atomic mass is 10.1. The standard InChI is InChI=1S/C16H21N3O3/c20-16(18-9-1-2-10-18)14-11-13(5-6-15(14)19(21)22)17-8-7-12-3-4-12/h5-6,11-12,17H,1-4,7-10H2. The van der Waals surface area contributed by atoms with Gasteiger partial charge in [0.2, 0.25) is 0 Å². The number of hydrogen-bond acceptors (Lipinski definition) is 4. The van der Waals surface area contributed by atoms with E-state index >= 15 is 0 Å². The molecule has 6 nitrogen and oxygen atoms in total. The number of carbonyl (C=O) groups excluding carboxylic acids is 1. The third kappa shape index (κ3) is 3.37. The highest BCUT2D eigenvalue weighted by Crippen LogP contribution is 2.32. The molecule has 3 rings (SSSR count). The summed E-state index contributed by atoms with van der Waals surface area (Å²) in [7, 11) is 0. The molecule has 2 aliphatic rings. The topological polar surface area (TPSA) is 75.5 Å². The van der Waals surface area contributed by atoms with Gasteiger partial charge in [-0.1, -0.05) is 12.8 Å². The Labute approximate surface area is 129 Å². The smallest absolute Gasteiger partial charge is 0.282 e. The first-order valence-corrected chi connectivity index (χ1v) is 7.97. The van der Waals surface area contributed by atoms with Crippen LogP contribution in [0.25, 0.3) is 0 Å². The van der Waals surface area contributed by atoms with Gasteiger partial charge >= 0.3 is 0 Å². The summed E-state index contributed by atoms with van der Waals surface area (Å²) in [4.78, 5) is 24.9. The van der Waals surface area contributed by atoms with Crippen molar-refractivity contribution in [3.8, 4) is 0 Å². The fourth-order valence-electron chi connectivity index (χ4n) is 2.89. The molecular formula is C16H21N3O3. The van der Waals surface area contributed by atoms with Gasteiger partial charge in [-0.2, -0.15) is 0 Å². The molecule has 1 saturated carbocycles. The van der Waals surface area contributed by atoms with Gasteiger partial charge in [-0.05, 0) is 37.3 Å². The normalized spacial score (nSPS) is 17.5.